The van der Waals surface area contributed by atoms with Crippen molar-refractivity contribution >= 4 is 158 Å². The van der Waals surface area contributed by atoms with Crippen molar-refractivity contribution in [2.45, 2.75) is 70.3 Å². The SMILES string of the molecule is O.O=C(CNC(=O)c1cc2nc(c1)-c1cc(C(=O)[O-])cc(n1)CN1Cc3cccc(n3)-c3cccc(n3)CN(Cc3cccc(n3)-c3cccc(n3)C1)C2)NC1C(=O)N2C(C(=O)[O-])=C(CSc3ccc4c(c3)C3=NC4=Nc4c5cc(S(=O)(=O)[O-])ccc5c5[n]4[AlH][n]4c(c6ccc(SOO[O-])cc6c4=NC4=NC(=N5)c5cc(S(=O)(=O)[O-])ccc54)=N3)CSC12.[Eu+3]. The number of aliphatic imine (C=N–C) groups is 4. The van der Waals surface area contributed by atoms with Crippen molar-refractivity contribution in [3.05, 3.63) is 260 Å². The number of nitrogens with zero attached hydrogens (tertiary/aromatic N) is 17. The van der Waals surface area contributed by atoms with Crippen molar-refractivity contribution in [2.24, 2.45) is 30.0 Å². The van der Waals surface area contributed by atoms with Gasteiger partial charge in [-0.05, 0) is 151 Å². The fraction of sp³-hybridized carbons (Fsp3) is 0.138. The van der Waals surface area contributed by atoms with Crippen LogP contribution < -0.4 is 37.1 Å². The van der Waals surface area contributed by atoms with Gasteiger partial charge in [0, 0.05) is 115 Å². The van der Waals surface area contributed by atoms with E-state index in [0.717, 1.165) is 23.1 Å². The first-order chi connectivity index (χ1) is 58.4. The molecule has 612 valence electrons. The normalized spacial score (nSPS) is 17.6. The Balaban J connectivity index is 0.00000516. The molecule has 43 heteroatoms. The summed E-state index contributed by atoms with van der Waals surface area (Å²) in [5.41, 5.74) is 7.68. The average Bonchev–Trinajstić information content (AvgIpc) is 1.58. The molecular formula is C80H53AlEuN19O17S5-2. The first-order valence-corrected chi connectivity index (χ1v) is 43.8. The van der Waals surface area contributed by atoms with Gasteiger partial charge >= 0.3 is 65.0 Å². The molecule has 17 heterocycles. The molecule has 0 radical (unpaired) electrons. The third kappa shape index (κ3) is 15.9. The fourth-order valence-corrected chi connectivity index (χ4v) is 21.4. The second-order valence-electron chi connectivity index (χ2n) is 29.0. The van der Waals surface area contributed by atoms with Crippen LogP contribution in [-0.4, -0.2) is 181 Å². The standard InChI is InChI=1S/C80H57N19O16S5.Al.Eu.H2O.H/c100-65(29-81-76(101)38-21-45-34-97-30-41-5-1-9-59(82-41)61-11-3-7-43(84-61)32-98(35-46-22-39(79(103)104)24-64(87-46)63(23-38)86-45)33-44-8-4-12-62(85-44)60-10-2-6-42(31-97)83-60)88-66-77(102)99-67(80(105)106)40(37-117-78(66)99)36-116-47-13-17-51-55(25-47)72-89-68(51)93-74-58-28-50(120(111,112)113)16-20-54(58)71(95-74)96-75-57-27-49(119(108,109)110)15-19-53(57)70(94-75)92-73-56-26-48(118-115-114-107)14-18-52(56)69(90-72)91-73;;;;/h1-28,66,78H,29-37H2,(H9,81,82,83,84,85,86,87,88,89,90,91,92,93,94,95,96,100,101,103,104,105,106,107,108,109,110,111,112,113);;;1H2;/q;+2;+3;;/p-7. The Morgan fingerprint density at radius 2 is 1.01 bits per heavy atom. The van der Waals surface area contributed by atoms with Crippen LogP contribution in [0.15, 0.2) is 231 Å². The van der Waals surface area contributed by atoms with Crippen LogP contribution in [-0.2, 0) is 83.3 Å². The van der Waals surface area contributed by atoms with Crippen molar-refractivity contribution < 1.29 is 130 Å². The number of β-lactam (4-membered cyclic amide) rings is 1. The Hall–Kier alpha value is -11.0. The number of pyridine rings is 6. The van der Waals surface area contributed by atoms with Crippen molar-refractivity contribution in [2.75, 3.05) is 18.1 Å². The fourth-order valence-electron chi connectivity index (χ4n) is 15.8. The van der Waals surface area contributed by atoms with Crippen LogP contribution in [0.4, 0.5) is 11.6 Å². The molecule has 21 rings (SSSR count). The summed E-state index contributed by atoms with van der Waals surface area (Å²) in [6.45, 7) is 0.514. The molecule has 1 saturated heterocycles. The number of thioether (sulfide) groups is 2. The molecule has 4 aromatic carbocycles. The summed E-state index contributed by atoms with van der Waals surface area (Å²) in [4.78, 5) is 135. The van der Waals surface area contributed by atoms with Crippen LogP contribution >= 0.6 is 35.6 Å². The first kappa shape index (κ1) is 82.9. The van der Waals surface area contributed by atoms with Crippen molar-refractivity contribution in [1.82, 2.24) is 62.3 Å². The van der Waals surface area contributed by atoms with Crippen LogP contribution in [0.1, 0.15) is 77.1 Å². The van der Waals surface area contributed by atoms with Gasteiger partial charge in [-0.2, -0.15) is 4.33 Å². The van der Waals surface area contributed by atoms with E-state index in [1.165, 1.54) is 59.9 Å². The maximum Gasteiger partial charge on any atom is 3.00 e. The predicted octanol–water partition coefficient (Wildman–Crippen LogP) is 2.11. The second-order valence-corrected chi connectivity index (χ2v) is 36.2. The van der Waals surface area contributed by atoms with E-state index in [2.05, 4.69) is 15.7 Å². The first-order valence-electron chi connectivity index (χ1n) is 37.0. The molecule has 0 saturated carbocycles. The molecule has 2 atom stereocenters. The molecule has 0 spiro atoms. The molecule has 2 unspecified atom stereocenters. The number of nitrogens with one attached hydrogen (secondary N) is 2. The summed E-state index contributed by atoms with van der Waals surface area (Å²) >= 11 is 0.827. The van der Waals surface area contributed by atoms with E-state index in [4.69, 9.17) is 64.2 Å². The van der Waals surface area contributed by atoms with E-state index in [1.807, 2.05) is 86.1 Å². The van der Waals surface area contributed by atoms with Gasteiger partial charge in [0.2, 0.25) is 5.91 Å². The maximum atomic E-state index is 14.7. The summed E-state index contributed by atoms with van der Waals surface area (Å²) in [6.07, 6.45) is 0. The Labute approximate surface area is 754 Å². The summed E-state index contributed by atoms with van der Waals surface area (Å²) in [7, 11) is -10.1. The second kappa shape index (κ2) is 32.9. The number of carboxylic acid groups (broad SMARTS) is 2. The van der Waals surface area contributed by atoms with Gasteiger partial charge in [-0.3, -0.25) is 34.1 Å². The smallest absolute Gasteiger partial charge is 0.744 e. The minimum atomic E-state index is -5.10. The number of aromatic carboxylic acids is 1. The molecule has 0 aliphatic carbocycles. The number of fused-ring (bicyclic) bond motifs is 15. The van der Waals surface area contributed by atoms with Crippen LogP contribution in [0.2, 0.25) is 0 Å². The van der Waals surface area contributed by atoms with E-state index in [0.29, 0.717) is 112 Å². The molecule has 123 heavy (non-hydrogen) atoms. The number of carboxylic acids is 2. The Morgan fingerprint density at radius 1 is 0.512 bits per heavy atom. The number of carbonyl (C=O) groups is 5. The van der Waals surface area contributed by atoms with Gasteiger partial charge in [0.05, 0.1) is 114 Å². The summed E-state index contributed by atoms with van der Waals surface area (Å²) < 4.78 is 84.2. The van der Waals surface area contributed by atoms with Crippen molar-refractivity contribution in [3.63, 3.8) is 0 Å². The molecule has 4 N–H and O–H groups in total. The number of amides is 3. The van der Waals surface area contributed by atoms with E-state index < -0.39 is 93.3 Å². The number of carbonyl (C=O) groups excluding carboxylic acids is 5. The zero-order valence-corrected chi connectivity index (χ0v) is 70.9. The number of amidine groups is 4. The number of aliphatic carboxylic acids is 1. The maximum absolute atomic E-state index is 14.7. The van der Waals surface area contributed by atoms with Gasteiger partial charge in [0.1, 0.15) is 54.3 Å². The molecular weight excluding hydrogens is 1840 g/mol. The number of hydrogen-bond acceptors (Lipinski definition) is 33. The third-order valence-corrected chi connectivity index (χ3v) is 27.6. The Kier molecular flexibility index (Phi) is 22.2. The number of aromatic nitrogens is 8. The topological polar surface area (TPSA) is 514 Å². The number of hydrogen-bond donors (Lipinski definition) is 2. The van der Waals surface area contributed by atoms with Crippen LogP contribution in [0, 0.1) is 49.4 Å². The van der Waals surface area contributed by atoms with Gasteiger partial charge in [0.25, 0.3) is 11.8 Å². The predicted molar refractivity (Wildman–Crippen MR) is 433 cm³/mol. The van der Waals surface area contributed by atoms with Crippen molar-refractivity contribution in [1.29, 1.82) is 0 Å². The van der Waals surface area contributed by atoms with E-state index >= 15 is 0 Å². The van der Waals surface area contributed by atoms with Gasteiger partial charge < -0.3 is 57.4 Å². The molecule has 8 aromatic heterocycles. The Bertz CT molecular complexity index is 7140. The molecule has 9 aliphatic rings. The van der Waals surface area contributed by atoms with E-state index in [9.17, 15) is 65.4 Å². The molecule has 20 bridgehead atoms. The molecule has 9 aliphatic heterocycles. The van der Waals surface area contributed by atoms with Gasteiger partial charge in [0.15, 0.2) is 23.3 Å². The van der Waals surface area contributed by atoms with Crippen LogP contribution in [0.5, 0.6) is 0 Å². The van der Waals surface area contributed by atoms with Crippen LogP contribution in [0.25, 0.3) is 55.7 Å². The largest absolute Gasteiger partial charge is 3.00 e. The third-order valence-electron chi connectivity index (χ3n) is 21.2. The van der Waals surface area contributed by atoms with Gasteiger partial charge in [-0.25, -0.2) is 76.7 Å². The Morgan fingerprint density at radius 3 is 1.59 bits per heavy atom. The monoisotopic (exact) mass is 1890 g/mol. The minimum absolute atomic E-state index is 0. The average molecular weight is 1890 g/mol. The quantitative estimate of drug-likeness (QED) is 0.0299. The summed E-state index contributed by atoms with van der Waals surface area (Å²) in [5.74, 6) is -4.89. The number of rotatable bonds is 14. The summed E-state index contributed by atoms with van der Waals surface area (Å²) in [5, 5.41) is 46.9. The summed E-state index contributed by atoms with van der Waals surface area (Å²) in [6, 6.07) is 44.8. The zero-order chi connectivity index (χ0) is 83.0. The molecule has 3 amide bonds. The van der Waals surface area contributed by atoms with Gasteiger partial charge in [-0.15, -0.1) is 23.5 Å². The van der Waals surface area contributed by atoms with Gasteiger partial charge in [-0.1, -0.05) is 24.3 Å². The van der Waals surface area contributed by atoms with Crippen LogP contribution in [0.3, 0.4) is 0 Å². The number of benzene rings is 4. The molecule has 12 aromatic rings. The zero-order valence-electron chi connectivity index (χ0n) is 62.9. The van der Waals surface area contributed by atoms with E-state index in [1.54, 1.807) is 46.0 Å². The molecule has 1 fully saturated rings. The molecule has 36 nitrogen and oxygen atoms in total. The van der Waals surface area contributed by atoms with E-state index in [-0.39, 0.29) is 196 Å². The van der Waals surface area contributed by atoms with Crippen molar-refractivity contribution in [3.8, 4) is 34.2 Å². The minimum Gasteiger partial charge on any atom is -0.744 e.